The van der Waals surface area contributed by atoms with Crippen molar-refractivity contribution in [3.8, 4) is 6.07 Å². The maximum atomic E-state index is 14.2. The van der Waals surface area contributed by atoms with Gasteiger partial charge in [0.05, 0.1) is 17.6 Å². The highest BCUT2D eigenvalue weighted by Gasteiger charge is 2.22. The van der Waals surface area contributed by atoms with Crippen LogP contribution in [0.4, 0.5) is 15.9 Å². The van der Waals surface area contributed by atoms with Crippen LogP contribution in [-0.4, -0.2) is 41.1 Å². The molecule has 1 fully saturated rings. The third-order valence-corrected chi connectivity index (χ3v) is 3.92. The van der Waals surface area contributed by atoms with Crippen molar-refractivity contribution < 1.29 is 4.39 Å². The summed E-state index contributed by atoms with van der Waals surface area (Å²) in [4.78, 5) is 16.5. The molecule has 1 saturated heterocycles. The molecule has 6 nitrogen and oxygen atoms in total. The molecule has 0 amide bonds. The summed E-state index contributed by atoms with van der Waals surface area (Å²) in [5, 5.41) is 8.79. The lowest BCUT2D eigenvalue weighted by molar-refractivity contribution is 0.571. The van der Waals surface area contributed by atoms with E-state index in [0.29, 0.717) is 36.1 Å². The molecule has 0 aromatic carbocycles. The number of pyridine rings is 1. The van der Waals surface area contributed by atoms with Crippen molar-refractivity contribution in [2.24, 2.45) is 0 Å². The standard InChI is InChI=1S/C16H17FN6/c1-11-15(17)16(21-12(2)20-11)23-7-5-22(6-8-23)14-4-3-13(9-18)19-10-14/h3-4,10H,5-8H2,1-2H3. The number of hydrogen-bond acceptors (Lipinski definition) is 6. The van der Waals surface area contributed by atoms with Crippen LogP contribution in [0.25, 0.3) is 0 Å². The Morgan fingerprint density at radius 1 is 1.09 bits per heavy atom. The first-order valence-corrected chi connectivity index (χ1v) is 7.45. The lowest BCUT2D eigenvalue weighted by Gasteiger charge is -2.36. The smallest absolute Gasteiger partial charge is 0.186 e. The Kier molecular flexibility index (Phi) is 4.06. The van der Waals surface area contributed by atoms with Gasteiger partial charge in [0.1, 0.15) is 17.6 Å². The highest BCUT2D eigenvalue weighted by molar-refractivity contribution is 5.49. The Bertz CT molecular complexity index is 744. The van der Waals surface area contributed by atoms with E-state index < -0.39 is 0 Å². The van der Waals surface area contributed by atoms with Crippen molar-refractivity contribution in [3.63, 3.8) is 0 Å². The Labute approximate surface area is 134 Å². The van der Waals surface area contributed by atoms with E-state index in [0.717, 1.165) is 18.8 Å². The minimum absolute atomic E-state index is 0.343. The number of halogens is 1. The van der Waals surface area contributed by atoms with Gasteiger partial charge in [-0.2, -0.15) is 5.26 Å². The number of aromatic nitrogens is 3. The molecule has 1 aliphatic rings. The average Bonchev–Trinajstić information content (AvgIpc) is 2.58. The summed E-state index contributed by atoms with van der Waals surface area (Å²) >= 11 is 0. The number of hydrogen-bond donors (Lipinski definition) is 0. The predicted molar refractivity (Wildman–Crippen MR) is 84.8 cm³/mol. The van der Waals surface area contributed by atoms with Gasteiger partial charge in [0.25, 0.3) is 0 Å². The highest BCUT2D eigenvalue weighted by Crippen LogP contribution is 2.22. The molecule has 1 aliphatic heterocycles. The molecule has 3 heterocycles. The zero-order valence-corrected chi connectivity index (χ0v) is 13.1. The molecular formula is C16H17FN6. The number of aryl methyl sites for hydroxylation is 2. The van der Waals surface area contributed by atoms with Gasteiger partial charge in [0.2, 0.25) is 0 Å². The van der Waals surface area contributed by atoms with Crippen molar-refractivity contribution in [2.75, 3.05) is 36.0 Å². The second-order valence-corrected chi connectivity index (χ2v) is 5.48. The van der Waals surface area contributed by atoms with Crippen LogP contribution < -0.4 is 9.80 Å². The molecule has 0 bridgehead atoms. The van der Waals surface area contributed by atoms with Gasteiger partial charge in [-0.05, 0) is 26.0 Å². The van der Waals surface area contributed by atoms with E-state index in [-0.39, 0.29) is 5.82 Å². The van der Waals surface area contributed by atoms with E-state index in [1.165, 1.54) is 0 Å². The monoisotopic (exact) mass is 312 g/mol. The van der Waals surface area contributed by atoms with E-state index in [2.05, 4.69) is 19.9 Å². The number of piperazine rings is 1. The summed E-state index contributed by atoms with van der Waals surface area (Å²) in [5.74, 6) is 0.620. The summed E-state index contributed by atoms with van der Waals surface area (Å²) in [5.41, 5.74) is 1.76. The molecule has 7 heteroatoms. The molecule has 0 atom stereocenters. The fraction of sp³-hybridized carbons (Fsp3) is 0.375. The van der Waals surface area contributed by atoms with Gasteiger partial charge in [0.15, 0.2) is 11.6 Å². The van der Waals surface area contributed by atoms with Crippen LogP contribution in [0, 0.1) is 31.0 Å². The first-order chi connectivity index (χ1) is 11.1. The Balaban J connectivity index is 1.72. The van der Waals surface area contributed by atoms with Gasteiger partial charge in [-0.1, -0.05) is 0 Å². The minimum atomic E-state index is -0.343. The quantitative estimate of drug-likeness (QED) is 0.842. The van der Waals surface area contributed by atoms with E-state index in [9.17, 15) is 4.39 Å². The Morgan fingerprint density at radius 3 is 2.39 bits per heavy atom. The predicted octanol–water partition coefficient (Wildman–Crippen LogP) is 1.83. The summed E-state index contributed by atoms with van der Waals surface area (Å²) in [6, 6.07) is 5.61. The maximum absolute atomic E-state index is 14.2. The number of nitriles is 1. The van der Waals surface area contributed by atoms with Gasteiger partial charge in [-0.3, -0.25) is 0 Å². The summed E-state index contributed by atoms with van der Waals surface area (Å²) in [6.07, 6.45) is 1.70. The molecule has 23 heavy (non-hydrogen) atoms. The SMILES string of the molecule is Cc1nc(C)c(F)c(N2CCN(c3ccc(C#N)nc3)CC2)n1. The van der Waals surface area contributed by atoms with Gasteiger partial charge in [-0.25, -0.2) is 19.3 Å². The number of nitrogens with zero attached hydrogens (tertiary/aromatic N) is 6. The summed E-state index contributed by atoms with van der Waals surface area (Å²) in [6.45, 7) is 6.27. The van der Waals surface area contributed by atoms with E-state index >= 15 is 0 Å². The second kappa shape index (κ2) is 6.16. The van der Waals surface area contributed by atoms with Crippen molar-refractivity contribution in [3.05, 3.63) is 41.4 Å². The van der Waals surface area contributed by atoms with Crippen molar-refractivity contribution >= 4 is 11.5 Å². The Hall–Kier alpha value is -2.75. The molecule has 0 N–H and O–H groups in total. The maximum Gasteiger partial charge on any atom is 0.186 e. The molecule has 118 valence electrons. The van der Waals surface area contributed by atoms with Gasteiger partial charge < -0.3 is 9.80 Å². The van der Waals surface area contributed by atoms with Crippen LogP contribution >= 0.6 is 0 Å². The van der Waals surface area contributed by atoms with Crippen molar-refractivity contribution in [1.29, 1.82) is 5.26 Å². The van der Waals surface area contributed by atoms with E-state index in [1.807, 2.05) is 17.0 Å². The molecule has 0 unspecified atom stereocenters. The first kappa shape index (κ1) is 15.2. The molecule has 2 aromatic heterocycles. The largest absolute Gasteiger partial charge is 0.367 e. The third-order valence-electron chi connectivity index (χ3n) is 3.92. The fourth-order valence-electron chi connectivity index (χ4n) is 2.71. The lowest BCUT2D eigenvalue weighted by atomic mass is 10.2. The topological polar surface area (TPSA) is 68.9 Å². The summed E-state index contributed by atoms with van der Waals surface area (Å²) in [7, 11) is 0. The second-order valence-electron chi connectivity index (χ2n) is 5.48. The van der Waals surface area contributed by atoms with Gasteiger partial charge >= 0.3 is 0 Å². The normalized spacial score (nSPS) is 14.7. The van der Waals surface area contributed by atoms with Crippen LogP contribution in [0.2, 0.25) is 0 Å². The van der Waals surface area contributed by atoms with Crippen LogP contribution in [0.1, 0.15) is 17.2 Å². The van der Waals surface area contributed by atoms with Crippen LogP contribution in [0.15, 0.2) is 18.3 Å². The third kappa shape index (κ3) is 3.06. The first-order valence-electron chi connectivity index (χ1n) is 7.45. The van der Waals surface area contributed by atoms with E-state index in [1.54, 1.807) is 26.1 Å². The number of anilines is 2. The summed E-state index contributed by atoms with van der Waals surface area (Å²) < 4.78 is 14.2. The lowest BCUT2D eigenvalue weighted by Crippen LogP contribution is -2.47. The molecule has 0 saturated carbocycles. The number of rotatable bonds is 2. The fourth-order valence-corrected chi connectivity index (χ4v) is 2.71. The molecule has 0 aliphatic carbocycles. The zero-order chi connectivity index (χ0) is 16.4. The highest BCUT2D eigenvalue weighted by atomic mass is 19.1. The molecule has 3 rings (SSSR count). The molecular weight excluding hydrogens is 295 g/mol. The molecule has 2 aromatic rings. The van der Waals surface area contributed by atoms with Gasteiger partial charge in [-0.15, -0.1) is 0 Å². The zero-order valence-electron chi connectivity index (χ0n) is 13.1. The molecule has 0 radical (unpaired) electrons. The van der Waals surface area contributed by atoms with Crippen LogP contribution in [0.5, 0.6) is 0 Å². The Morgan fingerprint density at radius 2 is 1.78 bits per heavy atom. The molecule has 0 spiro atoms. The van der Waals surface area contributed by atoms with Crippen LogP contribution in [0.3, 0.4) is 0 Å². The van der Waals surface area contributed by atoms with Gasteiger partial charge in [0, 0.05) is 26.2 Å². The average molecular weight is 312 g/mol. The minimum Gasteiger partial charge on any atom is -0.367 e. The van der Waals surface area contributed by atoms with Crippen molar-refractivity contribution in [1.82, 2.24) is 15.0 Å². The van der Waals surface area contributed by atoms with Crippen LogP contribution in [-0.2, 0) is 0 Å². The van der Waals surface area contributed by atoms with E-state index in [4.69, 9.17) is 5.26 Å². The van der Waals surface area contributed by atoms with Crippen molar-refractivity contribution in [2.45, 2.75) is 13.8 Å².